The van der Waals surface area contributed by atoms with E-state index in [4.69, 9.17) is 9.97 Å². The molecule has 2 atom stereocenters. The first kappa shape index (κ1) is 44.3. The number of dihydropyridines is 2. The molecule has 4 heterocycles. The van der Waals surface area contributed by atoms with Gasteiger partial charge in [0.1, 0.15) is 0 Å². The highest BCUT2D eigenvalue weighted by Crippen LogP contribution is 2.52. The molecule has 0 bridgehead atoms. The van der Waals surface area contributed by atoms with Crippen molar-refractivity contribution < 1.29 is 0 Å². The van der Waals surface area contributed by atoms with Gasteiger partial charge in [-0.3, -0.25) is 0 Å². The van der Waals surface area contributed by atoms with Crippen LogP contribution in [0.3, 0.4) is 0 Å². The molecule has 2 N–H and O–H groups in total. The van der Waals surface area contributed by atoms with E-state index in [2.05, 4.69) is 193 Å². The predicted molar refractivity (Wildman–Crippen MR) is 297 cm³/mol. The summed E-state index contributed by atoms with van der Waals surface area (Å²) in [6.07, 6.45) is 2.96. The normalized spacial score (nSPS) is 16.7. The number of allylic oxidation sites excluding steroid dienone is 4. The summed E-state index contributed by atoms with van der Waals surface area (Å²) >= 11 is 0. The lowest BCUT2D eigenvalue weighted by Gasteiger charge is -2.37. The van der Waals surface area contributed by atoms with Crippen LogP contribution in [0.4, 0.5) is 0 Å². The molecule has 350 valence electrons. The Morgan fingerprint density at radius 3 is 1.04 bits per heavy atom. The van der Waals surface area contributed by atoms with E-state index in [1.807, 2.05) is 48.5 Å². The highest BCUT2D eigenvalue weighted by atomic mass is 15.0. The highest BCUT2D eigenvalue weighted by Gasteiger charge is 2.40. The van der Waals surface area contributed by atoms with Crippen molar-refractivity contribution in [1.29, 1.82) is 10.5 Å². The van der Waals surface area contributed by atoms with E-state index >= 15 is 0 Å². The first-order chi connectivity index (χ1) is 36.6. The fraction of sp³-hybridized carbons (Fsp3) is 0.0882. The van der Waals surface area contributed by atoms with Crippen molar-refractivity contribution in [2.24, 2.45) is 0 Å². The summed E-state index contributed by atoms with van der Waals surface area (Å²) in [6, 6.07) is 81.1. The summed E-state index contributed by atoms with van der Waals surface area (Å²) in [4.78, 5) is 11.1. The van der Waals surface area contributed by atoms with Crippen molar-refractivity contribution >= 4 is 22.8 Å². The third-order valence-corrected chi connectivity index (χ3v) is 15.2. The van der Waals surface area contributed by atoms with E-state index in [1.54, 1.807) is 0 Å². The molecule has 7 aromatic carbocycles. The van der Waals surface area contributed by atoms with Gasteiger partial charge in [0.15, 0.2) is 0 Å². The largest absolute Gasteiger partial charge is 0.352 e. The number of rotatable bonds is 8. The summed E-state index contributed by atoms with van der Waals surface area (Å²) in [5.41, 5.74) is 23.5. The molecule has 0 saturated heterocycles. The van der Waals surface area contributed by atoms with Gasteiger partial charge in [0, 0.05) is 23.0 Å². The summed E-state index contributed by atoms with van der Waals surface area (Å²) in [5, 5.41) is 30.7. The second-order valence-electron chi connectivity index (χ2n) is 19.3. The maximum Gasteiger partial charge on any atom is 0.0979 e. The van der Waals surface area contributed by atoms with E-state index in [0.717, 1.165) is 138 Å². The summed E-state index contributed by atoms with van der Waals surface area (Å²) in [7, 11) is 0. The van der Waals surface area contributed by atoms with Crippen molar-refractivity contribution in [3.8, 4) is 56.9 Å². The molecule has 0 radical (unpaired) electrons. The van der Waals surface area contributed by atoms with Gasteiger partial charge in [0.2, 0.25) is 0 Å². The summed E-state index contributed by atoms with van der Waals surface area (Å²) < 4.78 is 0. The number of hydrogen-bond donors (Lipinski definition) is 2. The fourth-order valence-electron chi connectivity index (χ4n) is 11.8. The Hall–Kier alpha value is -9.62. The van der Waals surface area contributed by atoms with Crippen molar-refractivity contribution in [1.82, 2.24) is 20.6 Å². The van der Waals surface area contributed by atoms with E-state index in [1.165, 1.54) is 11.1 Å². The van der Waals surface area contributed by atoms with Crippen molar-refractivity contribution in [3.63, 3.8) is 0 Å². The molecule has 0 spiro atoms. The van der Waals surface area contributed by atoms with E-state index in [9.17, 15) is 10.5 Å². The van der Waals surface area contributed by atoms with Gasteiger partial charge in [0.05, 0.1) is 68.8 Å². The average molecular weight is 949 g/mol. The molecule has 0 fully saturated rings. The molecule has 2 aliphatic carbocycles. The molecule has 6 nitrogen and oxygen atoms in total. The minimum atomic E-state index is -0.393. The molecule has 2 unspecified atom stereocenters. The van der Waals surface area contributed by atoms with Gasteiger partial charge in [-0.25, -0.2) is 9.97 Å². The second kappa shape index (κ2) is 18.9. The fourth-order valence-corrected chi connectivity index (χ4v) is 11.8. The van der Waals surface area contributed by atoms with E-state index in [0.29, 0.717) is 11.1 Å². The van der Waals surface area contributed by atoms with Crippen molar-refractivity contribution in [3.05, 3.63) is 285 Å². The van der Waals surface area contributed by atoms with Gasteiger partial charge in [-0.05, 0) is 105 Å². The van der Waals surface area contributed by atoms with Crippen LogP contribution in [-0.4, -0.2) is 9.97 Å². The number of hydrogen-bond acceptors (Lipinski definition) is 6. The van der Waals surface area contributed by atoms with E-state index < -0.39 is 11.8 Å². The number of nitrogens with zero attached hydrogens (tertiary/aromatic N) is 4. The zero-order valence-electron chi connectivity index (χ0n) is 40.6. The molecule has 2 aromatic heterocycles. The van der Waals surface area contributed by atoms with Gasteiger partial charge in [0.25, 0.3) is 0 Å². The SMILES string of the molecule is N#CC1=C(c2ccccc2)NC2=C(CCc3c(-c4ccccc4)cc(-c4ccccc4)nc32)C1c1cccc(C2C(C#N)=C(c3ccccc3)NC3=C2CCc2c(-c4ccccc4)cc(-c4ccccc4)nc23)c1. The van der Waals surface area contributed by atoms with Crippen LogP contribution in [0, 0.1) is 22.7 Å². The topological polar surface area (TPSA) is 97.4 Å². The number of benzene rings is 7. The van der Waals surface area contributed by atoms with Crippen LogP contribution in [0.25, 0.3) is 67.6 Å². The van der Waals surface area contributed by atoms with Crippen LogP contribution in [-0.2, 0) is 12.8 Å². The molecule has 9 aromatic rings. The predicted octanol–water partition coefficient (Wildman–Crippen LogP) is 15.1. The van der Waals surface area contributed by atoms with Crippen molar-refractivity contribution in [2.75, 3.05) is 0 Å². The molecule has 2 aliphatic heterocycles. The molecule has 4 aliphatic rings. The number of pyridine rings is 2. The van der Waals surface area contributed by atoms with Crippen LogP contribution in [0.1, 0.15) is 69.4 Å². The number of nitrogens with one attached hydrogen (secondary N) is 2. The molecule has 0 saturated carbocycles. The van der Waals surface area contributed by atoms with Gasteiger partial charge >= 0.3 is 0 Å². The maximum atomic E-state index is 11.5. The lowest BCUT2D eigenvalue weighted by Crippen LogP contribution is -2.30. The Morgan fingerprint density at radius 1 is 0.351 bits per heavy atom. The Bertz CT molecular complexity index is 3630. The third-order valence-electron chi connectivity index (χ3n) is 15.2. The number of nitriles is 2. The molecular weight excluding hydrogens is 901 g/mol. The molecule has 0 amide bonds. The Balaban J connectivity index is 1.02. The first-order valence-electron chi connectivity index (χ1n) is 25.4. The summed E-state index contributed by atoms with van der Waals surface area (Å²) in [5.74, 6) is -0.786. The standard InChI is InChI=1S/C68H48N6/c69-41-57-61(53-36-34-51-55(43-20-7-1-8-21-43)39-59(45-24-11-3-12-25-45)71-65(51)67(53)73-63(57)47-28-15-5-16-29-47)49-32-19-33-50(38-49)62-54-37-35-52-56(44-22-9-2-10-23-44)40-60(46-26-13-4-14-27-46)72-66(52)68(54)74-64(58(62)42-70)48-30-17-6-18-31-48/h1-33,38-40,61-62,73-74H,34-37H2. The lowest BCUT2D eigenvalue weighted by molar-refractivity contribution is 0.768. The number of fused-ring (bicyclic) bond motifs is 4. The first-order valence-corrected chi connectivity index (χ1v) is 25.4. The Morgan fingerprint density at radius 2 is 0.689 bits per heavy atom. The highest BCUT2D eigenvalue weighted by molar-refractivity contribution is 5.93. The minimum absolute atomic E-state index is 0.393. The smallest absolute Gasteiger partial charge is 0.0979 e. The monoisotopic (exact) mass is 948 g/mol. The third kappa shape index (κ3) is 7.73. The quantitative estimate of drug-likeness (QED) is 0.157. The molecule has 13 rings (SSSR count). The van der Waals surface area contributed by atoms with Crippen molar-refractivity contribution in [2.45, 2.75) is 37.5 Å². The summed E-state index contributed by atoms with van der Waals surface area (Å²) in [6.45, 7) is 0. The number of aromatic nitrogens is 2. The Labute approximate surface area is 431 Å². The second-order valence-corrected chi connectivity index (χ2v) is 19.3. The van der Waals surface area contributed by atoms with Crippen LogP contribution >= 0.6 is 0 Å². The van der Waals surface area contributed by atoms with E-state index in [-0.39, 0.29) is 0 Å². The zero-order chi connectivity index (χ0) is 49.5. The van der Waals surface area contributed by atoms with Crippen LogP contribution < -0.4 is 10.6 Å². The van der Waals surface area contributed by atoms with Gasteiger partial charge in [-0.15, -0.1) is 0 Å². The Kier molecular flexibility index (Phi) is 11.3. The minimum Gasteiger partial charge on any atom is -0.352 e. The van der Waals surface area contributed by atoms with Gasteiger partial charge in [-0.1, -0.05) is 206 Å². The molecule has 6 heteroatoms. The van der Waals surface area contributed by atoms with Crippen LogP contribution in [0.15, 0.2) is 241 Å². The average Bonchev–Trinajstić information content (AvgIpc) is 3.48. The maximum absolute atomic E-state index is 11.5. The van der Waals surface area contributed by atoms with Crippen LogP contribution in [0.2, 0.25) is 0 Å². The molecule has 74 heavy (non-hydrogen) atoms. The van der Waals surface area contributed by atoms with Crippen LogP contribution in [0.5, 0.6) is 0 Å². The lowest BCUT2D eigenvalue weighted by atomic mass is 9.71. The van der Waals surface area contributed by atoms with Gasteiger partial charge < -0.3 is 10.6 Å². The van der Waals surface area contributed by atoms with Gasteiger partial charge in [-0.2, -0.15) is 10.5 Å². The zero-order valence-corrected chi connectivity index (χ0v) is 40.6. The molecular formula is C68H48N6.